The SMILES string of the molecule is CCC(NCCN)C(=O)OC. The van der Waals surface area contributed by atoms with Gasteiger partial charge in [0.25, 0.3) is 0 Å². The Morgan fingerprint density at radius 2 is 2.36 bits per heavy atom. The van der Waals surface area contributed by atoms with Crippen LogP contribution >= 0.6 is 0 Å². The summed E-state index contributed by atoms with van der Waals surface area (Å²) >= 11 is 0. The summed E-state index contributed by atoms with van der Waals surface area (Å²) in [5.41, 5.74) is 5.26. The van der Waals surface area contributed by atoms with Crippen molar-refractivity contribution in [1.82, 2.24) is 5.32 Å². The van der Waals surface area contributed by atoms with Crippen molar-refractivity contribution >= 4 is 5.97 Å². The first-order valence-electron chi connectivity index (χ1n) is 3.77. The molecule has 0 rings (SSSR count). The third kappa shape index (κ3) is 3.95. The topological polar surface area (TPSA) is 64.3 Å². The van der Waals surface area contributed by atoms with Gasteiger partial charge in [-0.15, -0.1) is 0 Å². The number of rotatable bonds is 5. The zero-order chi connectivity index (χ0) is 8.69. The average molecular weight is 160 g/mol. The summed E-state index contributed by atoms with van der Waals surface area (Å²) in [5, 5.41) is 2.97. The van der Waals surface area contributed by atoms with E-state index in [2.05, 4.69) is 10.1 Å². The summed E-state index contributed by atoms with van der Waals surface area (Å²) in [6.45, 7) is 3.10. The fourth-order valence-corrected chi connectivity index (χ4v) is 0.794. The molecular formula is C7H16N2O2. The summed E-state index contributed by atoms with van der Waals surface area (Å²) in [7, 11) is 1.38. The summed E-state index contributed by atoms with van der Waals surface area (Å²) < 4.78 is 4.56. The first-order chi connectivity index (χ1) is 5.26. The molecule has 1 unspecified atom stereocenters. The smallest absolute Gasteiger partial charge is 0.322 e. The lowest BCUT2D eigenvalue weighted by Crippen LogP contribution is -2.39. The molecule has 0 aromatic rings. The van der Waals surface area contributed by atoms with Crippen LogP contribution in [0.4, 0.5) is 0 Å². The minimum atomic E-state index is -0.221. The first kappa shape index (κ1) is 10.4. The lowest BCUT2D eigenvalue weighted by atomic mass is 10.2. The molecule has 0 heterocycles. The molecule has 3 N–H and O–H groups in total. The van der Waals surface area contributed by atoms with Crippen LogP contribution in [0.15, 0.2) is 0 Å². The molecule has 0 bridgehead atoms. The van der Waals surface area contributed by atoms with Gasteiger partial charge < -0.3 is 15.8 Å². The van der Waals surface area contributed by atoms with Crippen molar-refractivity contribution in [3.8, 4) is 0 Å². The van der Waals surface area contributed by atoms with Gasteiger partial charge in [0.05, 0.1) is 7.11 Å². The largest absolute Gasteiger partial charge is 0.468 e. The molecule has 66 valence electrons. The highest BCUT2D eigenvalue weighted by atomic mass is 16.5. The molecule has 0 aromatic heterocycles. The van der Waals surface area contributed by atoms with Crippen LogP contribution in [0.3, 0.4) is 0 Å². The number of ether oxygens (including phenoxy) is 1. The lowest BCUT2D eigenvalue weighted by Gasteiger charge is -2.12. The van der Waals surface area contributed by atoms with Crippen LogP contribution in [0.2, 0.25) is 0 Å². The Balaban J connectivity index is 3.65. The number of hydrogen-bond acceptors (Lipinski definition) is 4. The molecular weight excluding hydrogens is 144 g/mol. The highest BCUT2D eigenvalue weighted by Gasteiger charge is 2.14. The van der Waals surface area contributed by atoms with Crippen molar-refractivity contribution in [3.63, 3.8) is 0 Å². The molecule has 0 saturated carbocycles. The Labute approximate surface area is 67.1 Å². The van der Waals surface area contributed by atoms with E-state index in [1.165, 1.54) is 7.11 Å². The predicted octanol–water partition coefficient (Wildman–Crippen LogP) is -0.514. The molecule has 0 amide bonds. The van der Waals surface area contributed by atoms with Crippen molar-refractivity contribution < 1.29 is 9.53 Å². The van der Waals surface area contributed by atoms with E-state index in [4.69, 9.17) is 5.73 Å². The van der Waals surface area contributed by atoms with Crippen LogP contribution in [0, 0.1) is 0 Å². The van der Waals surface area contributed by atoms with Gasteiger partial charge in [-0.25, -0.2) is 0 Å². The first-order valence-corrected chi connectivity index (χ1v) is 3.77. The van der Waals surface area contributed by atoms with Gasteiger partial charge in [0.15, 0.2) is 0 Å². The lowest BCUT2D eigenvalue weighted by molar-refractivity contribution is -0.143. The quantitative estimate of drug-likeness (QED) is 0.531. The van der Waals surface area contributed by atoms with Crippen molar-refractivity contribution in [3.05, 3.63) is 0 Å². The van der Waals surface area contributed by atoms with Crippen LogP contribution < -0.4 is 11.1 Å². The number of carbonyl (C=O) groups is 1. The Bertz CT molecular complexity index is 117. The van der Waals surface area contributed by atoms with E-state index in [1.54, 1.807) is 0 Å². The molecule has 4 nitrogen and oxygen atoms in total. The predicted molar refractivity (Wildman–Crippen MR) is 43.2 cm³/mol. The van der Waals surface area contributed by atoms with E-state index in [0.29, 0.717) is 13.1 Å². The van der Waals surface area contributed by atoms with Gasteiger partial charge >= 0.3 is 5.97 Å². The molecule has 1 atom stereocenters. The fraction of sp³-hybridized carbons (Fsp3) is 0.857. The van der Waals surface area contributed by atoms with Crippen molar-refractivity contribution in [2.45, 2.75) is 19.4 Å². The highest BCUT2D eigenvalue weighted by Crippen LogP contribution is 1.92. The van der Waals surface area contributed by atoms with E-state index in [1.807, 2.05) is 6.92 Å². The molecule has 4 heteroatoms. The van der Waals surface area contributed by atoms with Gasteiger partial charge in [0.1, 0.15) is 6.04 Å². The normalized spacial score (nSPS) is 12.6. The maximum atomic E-state index is 10.9. The summed E-state index contributed by atoms with van der Waals surface area (Å²) in [6, 6.07) is -0.205. The number of nitrogens with one attached hydrogen (secondary N) is 1. The van der Waals surface area contributed by atoms with Crippen molar-refractivity contribution in [2.75, 3.05) is 20.2 Å². The van der Waals surface area contributed by atoms with Gasteiger partial charge in [-0.05, 0) is 6.42 Å². The van der Waals surface area contributed by atoms with Crippen LogP contribution in [-0.4, -0.2) is 32.2 Å². The van der Waals surface area contributed by atoms with E-state index in [9.17, 15) is 4.79 Å². The molecule has 0 saturated heterocycles. The van der Waals surface area contributed by atoms with Crippen LogP contribution in [0.1, 0.15) is 13.3 Å². The van der Waals surface area contributed by atoms with E-state index >= 15 is 0 Å². The van der Waals surface area contributed by atoms with E-state index in [-0.39, 0.29) is 12.0 Å². The van der Waals surface area contributed by atoms with Crippen LogP contribution in [0.5, 0.6) is 0 Å². The molecule has 11 heavy (non-hydrogen) atoms. The molecule has 0 spiro atoms. The average Bonchev–Trinajstić information content (AvgIpc) is 2.05. The zero-order valence-corrected chi connectivity index (χ0v) is 7.09. The third-order valence-corrected chi connectivity index (χ3v) is 1.43. The Hall–Kier alpha value is -0.610. The van der Waals surface area contributed by atoms with Gasteiger partial charge in [0.2, 0.25) is 0 Å². The molecule has 0 radical (unpaired) electrons. The second-order valence-corrected chi connectivity index (χ2v) is 2.23. The van der Waals surface area contributed by atoms with Crippen molar-refractivity contribution in [1.29, 1.82) is 0 Å². The van der Waals surface area contributed by atoms with Gasteiger partial charge in [-0.2, -0.15) is 0 Å². The third-order valence-electron chi connectivity index (χ3n) is 1.43. The zero-order valence-electron chi connectivity index (χ0n) is 7.09. The summed E-state index contributed by atoms with van der Waals surface area (Å²) in [5.74, 6) is -0.221. The number of esters is 1. The van der Waals surface area contributed by atoms with Crippen molar-refractivity contribution in [2.24, 2.45) is 5.73 Å². The van der Waals surface area contributed by atoms with E-state index in [0.717, 1.165) is 6.42 Å². The Kier molecular flexibility index (Phi) is 5.78. The molecule has 0 aliphatic heterocycles. The minimum absolute atomic E-state index is 0.205. The fourth-order valence-electron chi connectivity index (χ4n) is 0.794. The van der Waals surface area contributed by atoms with Crippen LogP contribution in [0.25, 0.3) is 0 Å². The van der Waals surface area contributed by atoms with Gasteiger partial charge in [0, 0.05) is 13.1 Å². The standard InChI is InChI=1S/C7H16N2O2/c1-3-6(7(10)11-2)9-5-4-8/h6,9H,3-5,8H2,1-2H3. The second kappa shape index (κ2) is 6.12. The number of nitrogens with two attached hydrogens (primary N) is 1. The Morgan fingerprint density at radius 3 is 2.73 bits per heavy atom. The summed E-state index contributed by atoms with van der Waals surface area (Å²) in [6.07, 6.45) is 0.729. The maximum Gasteiger partial charge on any atom is 0.322 e. The second-order valence-electron chi connectivity index (χ2n) is 2.23. The number of hydrogen-bond donors (Lipinski definition) is 2. The van der Waals surface area contributed by atoms with Gasteiger partial charge in [-0.3, -0.25) is 4.79 Å². The summed E-state index contributed by atoms with van der Waals surface area (Å²) in [4.78, 5) is 10.9. The van der Waals surface area contributed by atoms with E-state index < -0.39 is 0 Å². The maximum absolute atomic E-state index is 10.9. The number of carbonyl (C=O) groups excluding carboxylic acids is 1. The molecule has 0 aliphatic rings. The highest BCUT2D eigenvalue weighted by molar-refractivity contribution is 5.75. The molecule has 0 aliphatic carbocycles. The Morgan fingerprint density at radius 1 is 1.73 bits per heavy atom. The van der Waals surface area contributed by atoms with Crippen LogP contribution in [-0.2, 0) is 9.53 Å². The molecule has 0 aromatic carbocycles. The number of methoxy groups -OCH3 is 1. The molecule has 0 fully saturated rings. The minimum Gasteiger partial charge on any atom is -0.468 e. The monoisotopic (exact) mass is 160 g/mol. The van der Waals surface area contributed by atoms with Gasteiger partial charge in [-0.1, -0.05) is 6.92 Å².